The largest absolute Gasteiger partial charge is 0.469 e. The number of methoxy groups -OCH3 is 3. The van der Waals surface area contributed by atoms with E-state index in [1.807, 2.05) is 0 Å². The highest BCUT2D eigenvalue weighted by Gasteiger charge is 2.40. The summed E-state index contributed by atoms with van der Waals surface area (Å²) in [6.07, 6.45) is -0.504. The predicted molar refractivity (Wildman–Crippen MR) is 88.5 cm³/mol. The zero-order valence-electron chi connectivity index (χ0n) is 15.8. The monoisotopic (exact) mass is 374 g/mol. The summed E-state index contributed by atoms with van der Waals surface area (Å²) >= 11 is 0. The molecule has 0 aromatic carbocycles. The zero-order valence-corrected chi connectivity index (χ0v) is 15.8. The highest BCUT2D eigenvalue weighted by Crippen LogP contribution is 2.15. The van der Waals surface area contributed by atoms with Crippen LogP contribution in [0.25, 0.3) is 0 Å². The van der Waals surface area contributed by atoms with Gasteiger partial charge in [0.25, 0.3) is 0 Å². The summed E-state index contributed by atoms with van der Waals surface area (Å²) < 4.78 is 13.8. The topological polar surface area (TPSA) is 137 Å². The van der Waals surface area contributed by atoms with Crippen molar-refractivity contribution in [2.24, 2.45) is 11.8 Å². The lowest BCUT2D eigenvalue weighted by Crippen LogP contribution is -2.56. The van der Waals surface area contributed by atoms with Crippen LogP contribution in [-0.2, 0) is 38.2 Å². The lowest BCUT2D eigenvalue weighted by atomic mass is 9.94. The molecule has 0 spiro atoms. The summed E-state index contributed by atoms with van der Waals surface area (Å²) in [5.41, 5.74) is 0. The highest BCUT2D eigenvalue weighted by molar-refractivity contribution is 5.93. The number of hydrogen-bond donors (Lipinski definition) is 2. The molecule has 10 heteroatoms. The molecule has 0 saturated carbocycles. The third-order valence-electron chi connectivity index (χ3n) is 3.58. The second-order valence-electron chi connectivity index (χ2n) is 5.84. The lowest BCUT2D eigenvalue weighted by molar-refractivity contribution is -0.159. The fourth-order valence-electron chi connectivity index (χ4n) is 2.20. The number of rotatable bonds is 9. The minimum atomic E-state index is -1.49. The minimum absolute atomic E-state index is 0.297. The summed E-state index contributed by atoms with van der Waals surface area (Å²) in [6, 6.07) is -2.44. The quantitative estimate of drug-likeness (QED) is 0.394. The molecule has 148 valence electrons. The van der Waals surface area contributed by atoms with Crippen molar-refractivity contribution in [2.45, 2.75) is 39.3 Å². The molecule has 10 nitrogen and oxygen atoms in total. The lowest BCUT2D eigenvalue weighted by Gasteiger charge is -2.27. The van der Waals surface area contributed by atoms with Crippen LogP contribution in [0.5, 0.6) is 0 Å². The van der Waals surface area contributed by atoms with Gasteiger partial charge in [0.1, 0.15) is 12.1 Å². The minimum Gasteiger partial charge on any atom is -0.469 e. The number of esters is 3. The van der Waals surface area contributed by atoms with Gasteiger partial charge in [0.2, 0.25) is 11.8 Å². The molecule has 0 aromatic rings. The van der Waals surface area contributed by atoms with Crippen LogP contribution in [0.15, 0.2) is 0 Å². The Bertz CT molecular complexity index is 546. The number of carbonyl (C=O) groups is 5. The van der Waals surface area contributed by atoms with Gasteiger partial charge in [0.05, 0.1) is 33.7 Å². The average Bonchev–Trinajstić information content (AvgIpc) is 2.60. The fourth-order valence-corrected chi connectivity index (χ4v) is 2.20. The Morgan fingerprint density at radius 1 is 0.808 bits per heavy atom. The van der Waals surface area contributed by atoms with E-state index < -0.39 is 54.1 Å². The Kier molecular flexibility index (Phi) is 9.93. The molecule has 26 heavy (non-hydrogen) atoms. The van der Waals surface area contributed by atoms with Crippen LogP contribution in [0.1, 0.15) is 27.2 Å². The Hall–Kier alpha value is -2.65. The normalized spacial score (nSPS) is 13.8. The number of nitrogens with one attached hydrogen (secondary N) is 2. The van der Waals surface area contributed by atoms with Gasteiger partial charge in [-0.25, -0.2) is 4.79 Å². The van der Waals surface area contributed by atoms with Crippen LogP contribution >= 0.6 is 0 Å². The van der Waals surface area contributed by atoms with Gasteiger partial charge in [-0.15, -0.1) is 0 Å². The van der Waals surface area contributed by atoms with Crippen LogP contribution in [-0.4, -0.2) is 63.1 Å². The molecular formula is C16H26N2O8. The van der Waals surface area contributed by atoms with Crippen molar-refractivity contribution >= 4 is 29.7 Å². The number of hydrogen-bond acceptors (Lipinski definition) is 8. The Morgan fingerprint density at radius 2 is 1.35 bits per heavy atom. The zero-order chi connectivity index (χ0) is 20.4. The predicted octanol–water partition coefficient (Wildman–Crippen LogP) is -0.843. The Labute approximate surface area is 151 Å². The van der Waals surface area contributed by atoms with Gasteiger partial charge < -0.3 is 24.8 Å². The van der Waals surface area contributed by atoms with E-state index in [0.717, 1.165) is 21.3 Å². The molecule has 0 aliphatic carbocycles. The Balaban J connectivity index is 5.65. The Morgan fingerprint density at radius 3 is 1.73 bits per heavy atom. The number of amides is 2. The highest BCUT2D eigenvalue weighted by atomic mass is 16.5. The van der Waals surface area contributed by atoms with Gasteiger partial charge in [-0.1, -0.05) is 13.8 Å². The maximum atomic E-state index is 12.5. The maximum absolute atomic E-state index is 12.5. The van der Waals surface area contributed by atoms with Crippen molar-refractivity contribution < 1.29 is 38.2 Å². The first-order valence-electron chi connectivity index (χ1n) is 7.88. The van der Waals surface area contributed by atoms with E-state index >= 15 is 0 Å². The first-order chi connectivity index (χ1) is 12.1. The molecule has 0 radical (unpaired) electrons. The average molecular weight is 374 g/mol. The van der Waals surface area contributed by atoms with E-state index in [1.165, 1.54) is 6.92 Å². The third kappa shape index (κ3) is 7.08. The molecule has 2 amide bonds. The van der Waals surface area contributed by atoms with Gasteiger partial charge in [0.15, 0.2) is 0 Å². The van der Waals surface area contributed by atoms with Crippen LogP contribution in [0.2, 0.25) is 0 Å². The molecule has 0 rings (SSSR count). The smallest absolute Gasteiger partial charge is 0.329 e. The van der Waals surface area contributed by atoms with Crippen molar-refractivity contribution in [3.8, 4) is 0 Å². The van der Waals surface area contributed by atoms with Crippen molar-refractivity contribution in [1.82, 2.24) is 10.6 Å². The van der Waals surface area contributed by atoms with Crippen LogP contribution in [0.4, 0.5) is 0 Å². The van der Waals surface area contributed by atoms with Gasteiger partial charge in [-0.05, 0) is 5.92 Å². The molecule has 0 heterocycles. The molecule has 0 aliphatic rings. The number of ether oxygens (including phenoxy) is 3. The maximum Gasteiger partial charge on any atom is 0.329 e. The molecule has 2 N–H and O–H groups in total. The number of carbonyl (C=O) groups excluding carboxylic acids is 5. The molecule has 0 fully saturated rings. The third-order valence-corrected chi connectivity index (χ3v) is 3.58. The van der Waals surface area contributed by atoms with Gasteiger partial charge in [0, 0.05) is 6.92 Å². The van der Waals surface area contributed by atoms with Gasteiger partial charge in [-0.2, -0.15) is 0 Å². The van der Waals surface area contributed by atoms with Crippen LogP contribution < -0.4 is 10.6 Å². The van der Waals surface area contributed by atoms with Crippen LogP contribution in [0, 0.1) is 11.8 Å². The second-order valence-corrected chi connectivity index (χ2v) is 5.84. The molecule has 0 aliphatic heterocycles. The van der Waals surface area contributed by atoms with Crippen molar-refractivity contribution in [3.05, 3.63) is 0 Å². The molecule has 0 bridgehead atoms. The first-order valence-corrected chi connectivity index (χ1v) is 7.88. The van der Waals surface area contributed by atoms with Crippen molar-refractivity contribution in [2.75, 3.05) is 21.3 Å². The first kappa shape index (κ1) is 23.4. The van der Waals surface area contributed by atoms with E-state index in [4.69, 9.17) is 0 Å². The fraction of sp³-hybridized carbons (Fsp3) is 0.688. The van der Waals surface area contributed by atoms with Crippen LogP contribution in [0.3, 0.4) is 0 Å². The molecule has 3 atom stereocenters. The van der Waals surface area contributed by atoms with E-state index in [2.05, 4.69) is 24.8 Å². The molecule has 0 unspecified atom stereocenters. The van der Waals surface area contributed by atoms with E-state index in [-0.39, 0.29) is 5.92 Å². The second kappa shape index (κ2) is 11.1. The standard InChI is InChI=1S/C16H26N2O8/c1-8(2)12(17-9(3)19)14(21)18-13(16(23)26-6)10(15(22)25-5)7-11(20)24-4/h8,10,12-13H,7H2,1-6H3,(H,17,19)(H,18,21)/t10-,12-,13-/m1/s1. The summed E-state index contributed by atoms with van der Waals surface area (Å²) in [7, 11) is 3.27. The van der Waals surface area contributed by atoms with E-state index in [1.54, 1.807) is 13.8 Å². The van der Waals surface area contributed by atoms with Gasteiger partial charge in [-0.3, -0.25) is 19.2 Å². The van der Waals surface area contributed by atoms with Crippen molar-refractivity contribution in [1.29, 1.82) is 0 Å². The van der Waals surface area contributed by atoms with E-state index in [9.17, 15) is 24.0 Å². The molecule has 0 saturated heterocycles. The SMILES string of the molecule is COC(=O)C[C@@H](C(=O)OC)[C@@H](NC(=O)[C@H](NC(C)=O)C(C)C)C(=O)OC. The molecule has 0 aromatic heterocycles. The summed E-state index contributed by atoms with van der Waals surface area (Å²) in [5.74, 6) is -5.40. The summed E-state index contributed by atoms with van der Waals surface area (Å²) in [5, 5.41) is 4.83. The summed E-state index contributed by atoms with van der Waals surface area (Å²) in [6.45, 7) is 4.63. The summed E-state index contributed by atoms with van der Waals surface area (Å²) in [4.78, 5) is 59.5. The molecular weight excluding hydrogens is 348 g/mol. The van der Waals surface area contributed by atoms with Gasteiger partial charge >= 0.3 is 17.9 Å². The van der Waals surface area contributed by atoms with Crippen molar-refractivity contribution in [3.63, 3.8) is 0 Å². The van der Waals surface area contributed by atoms with E-state index in [0.29, 0.717) is 0 Å².